The molecule has 0 aromatic carbocycles. The second kappa shape index (κ2) is 5.70. The second-order valence-corrected chi connectivity index (χ2v) is 6.34. The van der Waals surface area contributed by atoms with Crippen LogP contribution < -0.4 is 0 Å². The number of nitrogens with zero attached hydrogens (tertiary/aromatic N) is 1. The van der Waals surface area contributed by atoms with Crippen LogP contribution in [0.15, 0.2) is 12.2 Å². The molecule has 3 aliphatic rings. The molecule has 3 heterocycles. The lowest BCUT2D eigenvalue weighted by Crippen LogP contribution is -2.40. The number of rotatable bonds is 6. The third-order valence-electron chi connectivity index (χ3n) is 4.74. The van der Waals surface area contributed by atoms with Crippen LogP contribution in [0.25, 0.3) is 0 Å². The highest BCUT2D eigenvalue weighted by molar-refractivity contribution is 6.06. The molecule has 4 atom stereocenters. The molecule has 0 spiro atoms. The van der Waals surface area contributed by atoms with Crippen molar-refractivity contribution < 1.29 is 34.1 Å². The van der Waals surface area contributed by atoms with E-state index in [2.05, 4.69) is 0 Å². The van der Waals surface area contributed by atoms with Crippen molar-refractivity contribution in [3.63, 3.8) is 0 Å². The quantitative estimate of drug-likeness (QED) is 0.345. The predicted molar refractivity (Wildman–Crippen MR) is 74.7 cm³/mol. The van der Waals surface area contributed by atoms with Crippen LogP contribution in [0, 0.1) is 17.3 Å². The van der Waals surface area contributed by atoms with Crippen LogP contribution in [0.2, 0.25) is 0 Å². The van der Waals surface area contributed by atoms with Crippen LogP contribution in [0.3, 0.4) is 0 Å². The zero-order valence-corrected chi connectivity index (χ0v) is 12.7. The van der Waals surface area contributed by atoms with Gasteiger partial charge in [-0.25, -0.2) is 0 Å². The number of hydrogen-bond donors (Lipinski definition) is 2. The van der Waals surface area contributed by atoms with Gasteiger partial charge in [-0.2, -0.15) is 0 Å². The van der Waals surface area contributed by atoms with Gasteiger partial charge < -0.3 is 19.7 Å². The first-order valence-corrected chi connectivity index (χ1v) is 7.51. The summed E-state index contributed by atoms with van der Waals surface area (Å²) in [7, 11) is 0. The molecule has 2 amide bonds. The lowest BCUT2D eigenvalue weighted by Gasteiger charge is -2.23. The van der Waals surface area contributed by atoms with Crippen LogP contribution in [-0.2, 0) is 23.9 Å². The van der Waals surface area contributed by atoms with Gasteiger partial charge in [0.2, 0.25) is 11.8 Å². The monoisotopic (exact) mass is 325 g/mol. The van der Waals surface area contributed by atoms with Gasteiger partial charge in [-0.3, -0.25) is 19.3 Å². The Morgan fingerprint density at radius 3 is 2.22 bits per heavy atom. The summed E-state index contributed by atoms with van der Waals surface area (Å²) >= 11 is 0. The fraction of sp³-hybridized carbons (Fsp3) is 0.667. The van der Waals surface area contributed by atoms with Crippen molar-refractivity contribution in [3.05, 3.63) is 12.2 Å². The predicted octanol–water partition coefficient (Wildman–Crippen LogP) is -1.54. The fourth-order valence-electron chi connectivity index (χ4n) is 3.17. The molecular formula is C15H19NO7. The highest BCUT2D eigenvalue weighted by atomic mass is 16.5. The SMILES string of the molecule is CC(CO)(CO)C(=O)OCCN1C(=O)C2C(C1=O)[C@H]1C=C[C@@H]2O1. The van der Waals surface area contributed by atoms with Gasteiger partial charge in [0.15, 0.2) is 0 Å². The van der Waals surface area contributed by atoms with Crippen molar-refractivity contribution in [2.24, 2.45) is 17.3 Å². The molecule has 0 aliphatic carbocycles. The van der Waals surface area contributed by atoms with Gasteiger partial charge in [0.05, 0.1) is 43.8 Å². The molecule has 0 radical (unpaired) electrons. The van der Waals surface area contributed by atoms with Crippen molar-refractivity contribution in [1.29, 1.82) is 0 Å². The summed E-state index contributed by atoms with van der Waals surface area (Å²) in [6, 6.07) is 0. The first-order valence-electron chi connectivity index (χ1n) is 7.51. The van der Waals surface area contributed by atoms with Gasteiger partial charge in [0.25, 0.3) is 0 Å². The average molecular weight is 325 g/mol. The molecule has 23 heavy (non-hydrogen) atoms. The molecule has 0 aromatic rings. The summed E-state index contributed by atoms with van der Waals surface area (Å²) in [5.41, 5.74) is -1.40. The smallest absolute Gasteiger partial charge is 0.316 e. The normalized spacial score (nSPS) is 31.9. The molecule has 126 valence electrons. The highest BCUT2D eigenvalue weighted by Crippen LogP contribution is 2.44. The molecule has 2 bridgehead atoms. The number of imide groups is 1. The summed E-state index contributed by atoms with van der Waals surface area (Å²) in [5.74, 6) is -2.34. The van der Waals surface area contributed by atoms with Crippen molar-refractivity contribution >= 4 is 17.8 Å². The number of aliphatic hydroxyl groups is 2. The Balaban J connectivity index is 1.57. The van der Waals surface area contributed by atoms with Gasteiger partial charge in [0, 0.05) is 0 Å². The van der Waals surface area contributed by atoms with Gasteiger partial charge in [-0.05, 0) is 6.92 Å². The molecule has 0 saturated carbocycles. The van der Waals surface area contributed by atoms with Crippen molar-refractivity contribution in [3.8, 4) is 0 Å². The van der Waals surface area contributed by atoms with Crippen molar-refractivity contribution in [2.75, 3.05) is 26.4 Å². The largest absolute Gasteiger partial charge is 0.463 e. The zero-order valence-electron chi connectivity index (χ0n) is 12.7. The van der Waals surface area contributed by atoms with E-state index in [9.17, 15) is 14.4 Å². The first kappa shape index (κ1) is 16.1. The van der Waals surface area contributed by atoms with E-state index in [0.717, 1.165) is 4.90 Å². The number of carbonyl (C=O) groups is 3. The Bertz CT molecular complexity index is 538. The number of likely N-dealkylation sites (tertiary alicyclic amines) is 1. The lowest BCUT2D eigenvalue weighted by molar-refractivity contribution is -0.162. The van der Waals surface area contributed by atoms with Crippen LogP contribution in [0.5, 0.6) is 0 Å². The van der Waals surface area contributed by atoms with E-state index in [1.165, 1.54) is 6.92 Å². The van der Waals surface area contributed by atoms with Crippen LogP contribution >= 0.6 is 0 Å². The van der Waals surface area contributed by atoms with Crippen molar-refractivity contribution in [2.45, 2.75) is 19.1 Å². The maximum atomic E-state index is 12.3. The Labute approximate surface area is 132 Å². The van der Waals surface area contributed by atoms with Gasteiger partial charge in [-0.15, -0.1) is 0 Å². The molecule has 2 saturated heterocycles. The molecule has 8 nitrogen and oxygen atoms in total. The molecule has 3 aliphatic heterocycles. The first-order chi connectivity index (χ1) is 10.9. The maximum absolute atomic E-state index is 12.3. The van der Waals surface area contributed by atoms with E-state index in [1.807, 2.05) is 0 Å². The van der Waals surface area contributed by atoms with Crippen LogP contribution in [0.1, 0.15) is 6.92 Å². The molecular weight excluding hydrogens is 306 g/mol. The minimum Gasteiger partial charge on any atom is -0.463 e. The van der Waals surface area contributed by atoms with E-state index >= 15 is 0 Å². The lowest BCUT2D eigenvalue weighted by atomic mass is 9.85. The third kappa shape index (κ3) is 2.37. The third-order valence-corrected chi connectivity index (χ3v) is 4.74. The van der Waals surface area contributed by atoms with Crippen molar-refractivity contribution in [1.82, 2.24) is 4.90 Å². The molecule has 8 heteroatoms. The summed E-state index contributed by atoms with van der Waals surface area (Å²) < 4.78 is 10.5. The summed E-state index contributed by atoms with van der Waals surface area (Å²) in [6.45, 7) is 0.0468. The summed E-state index contributed by atoms with van der Waals surface area (Å²) in [4.78, 5) is 37.6. The van der Waals surface area contributed by atoms with Gasteiger partial charge in [0.1, 0.15) is 12.0 Å². The standard InChI is InChI=1S/C15H19NO7/c1-15(6-17,7-18)14(21)22-5-4-16-12(19)10-8-2-3-9(23-8)11(10)13(16)20/h2-3,8-11,17-18H,4-7H2,1H3/t8-,9+,10?,11?. The number of esters is 1. The highest BCUT2D eigenvalue weighted by Gasteiger charge is 2.60. The molecule has 2 unspecified atom stereocenters. The van der Waals surface area contributed by atoms with E-state index < -0.39 is 36.4 Å². The molecule has 2 N–H and O–H groups in total. The molecule has 2 fully saturated rings. The number of amides is 2. The Morgan fingerprint density at radius 1 is 1.22 bits per heavy atom. The minimum absolute atomic E-state index is 0.0389. The second-order valence-electron chi connectivity index (χ2n) is 6.34. The zero-order chi connectivity index (χ0) is 16.8. The number of ether oxygens (including phenoxy) is 2. The minimum atomic E-state index is -1.40. The number of aliphatic hydroxyl groups excluding tert-OH is 2. The van der Waals surface area contributed by atoms with Gasteiger partial charge >= 0.3 is 5.97 Å². The van der Waals surface area contributed by atoms with E-state index in [4.69, 9.17) is 19.7 Å². The maximum Gasteiger partial charge on any atom is 0.316 e. The van der Waals surface area contributed by atoms with Crippen LogP contribution in [-0.4, -0.2) is 71.5 Å². The average Bonchev–Trinajstić information content (AvgIpc) is 3.23. The Hall–Kier alpha value is -1.77. The summed E-state index contributed by atoms with van der Waals surface area (Å²) in [6.07, 6.45) is 2.91. The van der Waals surface area contributed by atoms with Gasteiger partial charge in [-0.1, -0.05) is 12.2 Å². The Kier molecular flexibility index (Phi) is 3.99. The van der Waals surface area contributed by atoms with E-state index in [-0.39, 0.29) is 37.2 Å². The molecule has 0 aromatic heterocycles. The number of hydrogen-bond acceptors (Lipinski definition) is 7. The summed E-state index contributed by atoms with van der Waals surface area (Å²) in [5, 5.41) is 18.2. The Morgan fingerprint density at radius 2 is 1.74 bits per heavy atom. The number of fused-ring (bicyclic) bond motifs is 5. The fourth-order valence-corrected chi connectivity index (χ4v) is 3.17. The number of carbonyl (C=O) groups excluding carboxylic acids is 3. The van der Waals surface area contributed by atoms with E-state index in [0.29, 0.717) is 0 Å². The van der Waals surface area contributed by atoms with E-state index in [1.54, 1.807) is 12.2 Å². The topological polar surface area (TPSA) is 113 Å². The van der Waals surface area contributed by atoms with Crippen LogP contribution in [0.4, 0.5) is 0 Å². The molecule has 3 rings (SSSR count).